The number of nitrogens with zero attached hydrogens (tertiary/aromatic N) is 1. The molecule has 1 aromatic heterocycles. The number of carbonyl (C=O) groups excluding carboxylic acids is 2. The minimum atomic E-state index is -0.119. The molecule has 0 atom stereocenters. The highest BCUT2D eigenvalue weighted by Gasteiger charge is 2.24. The van der Waals surface area contributed by atoms with Gasteiger partial charge in [-0.05, 0) is 55.5 Å². The van der Waals surface area contributed by atoms with E-state index in [0.29, 0.717) is 10.8 Å². The third-order valence-electron chi connectivity index (χ3n) is 5.09. The lowest BCUT2D eigenvalue weighted by Crippen LogP contribution is -2.43. The van der Waals surface area contributed by atoms with Crippen LogP contribution in [0.4, 0.5) is 5.69 Å². The molecule has 27 heavy (non-hydrogen) atoms. The molecule has 1 aliphatic rings. The highest BCUT2D eigenvalue weighted by molar-refractivity contribution is 7.14. The molecule has 1 heterocycles. The molecule has 0 saturated heterocycles. The second kappa shape index (κ2) is 8.70. The van der Waals surface area contributed by atoms with E-state index in [2.05, 4.69) is 19.2 Å². The maximum atomic E-state index is 13.1. The number of anilines is 1. The average Bonchev–Trinajstić information content (AvgIpc) is 3.31. The van der Waals surface area contributed by atoms with Crippen LogP contribution in [0, 0.1) is 6.92 Å². The van der Waals surface area contributed by atoms with E-state index >= 15 is 0 Å². The van der Waals surface area contributed by atoms with Gasteiger partial charge in [-0.25, -0.2) is 0 Å². The molecule has 4 nitrogen and oxygen atoms in total. The van der Waals surface area contributed by atoms with Gasteiger partial charge in [-0.1, -0.05) is 38.8 Å². The Labute approximate surface area is 165 Å². The lowest BCUT2D eigenvalue weighted by Gasteiger charge is -2.23. The molecule has 0 spiro atoms. The summed E-state index contributed by atoms with van der Waals surface area (Å²) in [5.41, 5.74) is 1.98. The summed E-state index contributed by atoms with van der Waals surface area (Å²) < 4.78 is 0. The Hall–Kier alpha value is -2.14. The van der Waals surface area contributed by atoms with Crippen molar-refractivity contribution in [3.05, 3.63) is 51.7 Å². The topological polar surface area (TPSA) is 49.4 Å². The number of carbonyl (C=O) groups is 2. The molecule has 2 aromatic rings. The second-order valence-electron chi connectivity index (χ2n) is 7.60. The van der Waals surface area contributed by atoms with Gasteiger partial charge in [0.15, 0.2) is 0 Å². The number of thiophene rings is 1. The van der Waals surface area contributed by atoms with Gasteiger partial charge in [0.2, 0.25) is 5.91 Å². The molecule has 1 aromatic carbocycles. The Morgan fingerprint density at radius 1 is 1.11 bits per heavy atom. The predicted octanol–water partition coefficient (Wildman–Crippen LogP) is 4.89. The lowest BCUT2D eigenvalue weighted by molar-refractivity contribution is -0.120. The van der Waals surface area contributed by atoms with Crippen LogP contribution in [0.15, 0.2) is 36.4 Å². The second-order valence-corrected chi connectivity index (χ2v) is 8.88. The number of hydrogen-bond acceptors (Lipinski definition) is 3. The number of rotatable bonds is 6. The van der Waals surface area contributed by atoms with E-state index in [1.165, 1.54) is 29.7 Å². The Bertz CT molecular complexity index is 789. The van der Waals surface area contributed by atoms with Gasteiger partial charge >= 0.3 is 0 Å². The Kier molecular flexibility index (Phi) is 6.32. The van der Waals surface area contributed by atoms with Crippen molar-refractivity contribution in [1.29, 1.82) is 0 Å². The average molecular weight is 385 g/mol. The summed E-state index contributed by atoms with van der Waals surface area (Å²) in [5, 5.41) is 3.09. The minimum absolute atomic E-state index is 0.0489. The van der Waals surface area contributed by atoms with Crippen LogP contribution in [0.5, 0.6) is 0 Å². The van der Waals surface area contributed by atoms with Crippen molar-refractivity contribution >= 4 is 28.8 Å². The number of aryl methyl sites for hydroxylation is 1. The summed E-state index contributed by atoms with van der Waals surface area (Å²) in [6.45, 7) is 6.31. The van der Waals surface area contributed by atoms with Crippen molar-refractivity contribution in [2.45, 2.75) is 58.4 Å². The third-order valence-corrected chi connectivity index (χ3v) is 6.08. The molecule has 0 radical (unpaired) electrons. The maximum Gasteiger partial charge on any atom is 0.268 e. The summed E-state index contributed by atoms with van der Waals surface area (Å²) in [4.78, 5) is 29.0. The third kappa shape index (κ3) is 4.98. The fourth-order valence-electron chi connectivity index (χ4n) is 3.49. The number of benzene rings is 1. The molecule has 0 aliphatic heterocycles. The highest BCUT2D eigenvalue weighted by Crippen LogP contribution is 2.24. The van der Waals surface area contributed by atoms with Crippen LogP contribution in [0.3, 0.4) is 0 Å². The summed E-state index contributed by atoms with van der Waals surface area (Å²) >= 11 is 1.46. The maximum absolute atomic E-state index is 13.1. The smallest absolute Gasteiger partial charge is 0.268 e. The molecular formula is C22H28N2O2S. The number of hydrogen-bond donors (Lipinski definition) is 1. The zero-order valence-electron chi connectivity index (χ0n) is 16.3. The molecular weight excluding hydrogens is 356 g/mol. The zero-order valence-corrected chi connectivity index (χ0v) is 17.1. The van der Waals surface area contributed by atoms with Gasteiger partial charge in [-0.15, -0.1) is 11.3 Å². The normalized spacial score (nSPS) is 14.5. The molecule has 5 heteroatoms. The van der Waals surface area contributed by atoms with Gasteiger partial charge in [0, 0.05) is 16.6 Å². The first-order chi connectivity index (χ1) is 12.9. The van der Waals surface area contributed by atoms with E-state index < -0.39 is 0 Å². The van der Waals surface area contributed by atoms with Crippen molar-refractivity contribution in [2.75, 3.05) is 11.4 Å². The van der Waals surface area contributed by atoms with E-state index in [4.69, 9.17) is 0 Å². The van der Waals surface area contributed by atoms with Crippen molar-refractivity contribution in [3.8, 4) is 0 Å². The monoisotopic (exact) mass is 384 g/mol. The van der Waals surface area contributed by atoms with Gasteiger partial charge in [-0.2, -0.15) is 0 Å². The Balaban J connectivity index is 1.81. The Morgan fingerprint density at radius 2 is 1.78 bits per heavy atom. The van der Waals surface area contributed by atoms with Crippen LogP contribution in [-0.4, -0.2) is 24.4 Å². The van der Waals surface area contributed by atoms with E-state index in [1.54, 1.807) is 4.90 Å². The van der Waals surface area contributed by atoms with Crippen LogP contribution in [0.25, 0.3) is 0 Å². The summed E-state index contributed by atoms with van der Waals surface area (Å²) in [6.07, 6.45) is 4.40. The molecule has 1 N–H and O–H groups in total. The molecule has 144 valence electrons. The largest absolute Gasteiger partial charge is 0.352 e. The first-order valence-electron chi connectivity index (χ1n) is 9.71. The zero-order chi connectivity index (χ0) is 19.4. The lowest BCUT2D eigenvalue weighted by atomic mass is 10.0. The molecule has 2 amide bonds. The van der Waals surface area contributed by atoms with Crippen molar-refractivity contribution in [2.24, 2.45) is 0 Å². The van der Waals surface area contributed by atoms with E-state index in [0.717, 1.165) is 23.4 Å². The molecule has 1 fully saturated rings. The number of amides is 2. The van der Waals surface area contributed by atoms with Crippen molar-refractivity contribution in [3.63, 3.8) is 0 Å². The van der Waals surface area contributed by atoms with E-state index in [1.807, 2.05) is 43.3 Å². The van der Waals surface area contributed by atoms with Crippen molar-refractivity contribution < 1.29 is 9.59 Å². The van der Waals surface area contributed by atoms with E-state index in [-0.39, 0.29) is 24.4 Å². The fourth-order valence-corrected chi connectivity index (χ4v) is 4.31. The van der Waals surface area contributed by atoms with Crippen LogP contribution in [0.2, 0.25) is 0 Å². The summed E-state index contributed by atoms with van der Waals surface area (Å²) in [7, 11) is 0. The van der Waals surface area contributed by atoms with Gasteiger partial charge in [0.1, 0.15) is 6.54 Å². The first kappa shape index (κ1) is 19.6. The van der Waals surface area contributed by atoms with Crippen LogP contribution < -0.4 is 10.2 Å². The summed E-state index contributed by atoms with van der Waals surface area (Å²) in [6, 6.07) is 12.0. The van der Waals surface area contributed by atoms with Crippen LogP contribution >= 0.6 is 11.3 Å². The Morgan fingerprint density at radius 3 is 2.33 bits per heavy atom. The SMILES string of the molecule is Cc1ccc(C(=O)N(CC(=O)NC2CCCC2)c2ccc(C(C)C)cc2)s1. The minimum Gasteiger partial charge on any atom is -0.352 e. The first-order valence-corrected chi connectivity index (χ1v) is 10.5. The van der Waals surface area contributed by atoms with E-state index in [9.17, 15) is 9.59 Å². The molecule has 0 bridgehead atoms. The molecule has 1 aliphatic carbocycles. The van der Waals surface area contributed by atoms with Crippen LogP contribution in [0.1, 0.15) is 65.6 Å². The van der Waals surface area contributed by atoms with Gasteiger partial charge < -0.3 is 5.32 Å². The standard InChI is InChI=1S/C22H28N2O2S/c1-15(2)17-9-11-19(12-10-17)24(22(26)20-13-8-16(3)27-20)14-21(25)23-18-6-4-5-7-18/h8-13,15,18H,4-7,14H2,1-3H3,(H,23,25). The fraction of sp³-hybridized carbons (Fsp3) is 0.455. The quantitative estimate of drug-likeness (QED) is 0.771. The van der Waals surface area contributed by atoms with Gasteiger partial charge in [0.25, 0.3) is 5.91 Å². The molecule has 1 saturated carbocycles. The molecule has 0 unspecified atom stereocenters. The van der Waals surface area contributed by atoms with Gasteiger partial charge in [0.05, 0.1) is 4.88 Å². The number of nitrogens with one attached hydrogen (secondary N) is 1. The predicted molar refractivity (Wildman–Crippen MR) is 112 cm³/mol. The van der Waals surface area contributed by atoms with Crippen LogP contribution in [-0.2, 0) is 4.79 Å². The summed E-state index contributed by atoms with van der Waals surface area (Å²) in [5.74, 6) is 0.220. The highest BCUT2D eigenvalue weighted by atomic mass is 32.1. The van der Waals surface area contributed by atoms with Gasteiger partial charge in [-0.3, -0.25) is 14.5 Å². The molecule has 3 rings (SSSR count). The van der Waals surface area contributed by atoms with Crippen molar-refractivity contribution in [1.82, 2.24) is 5.32 Å².